The lowest BCUT2D eigenvalue weighted by Crippen LogP contribution is -2.12. The van der Waals surface area contributed by atoms with Gasteiger partial charge in [-0.3, -0.25) is 4.79 Å². The van der Waals surface area contributed by atoms with Crippen LogP contribution in [0.1, 0.15) is 37.5 Å². The van der Waals surface area contributed by atoms with Crippen molar-refractivity contribution in [2.45, 2.75) is 27.2 Å². The van der Waals surface area contributed by atoms with E-state index in [1.54, 1.807) is 11.3 Å². The Morgan fingerprint density at radius 1 is 0.857 bits per heavy atom. The molecule has 4 rings (SSSR count). The zero-order chi connectivity index (χ0) is 19.7. The summed E-state index contributed by atoms with van der Waals surface area (Å²) in [5.41, 5.74) is 6.70. The van der Waals surface area contributed by atoms with E-state index >= 15 is 0 Å². The Morgan fingerprint density at radius 3 is 2.25 bits per heavy atom. The van der Waals surface area contributed by atoms with Gasteiger partial charge in [0.05, 0.1) is 4.88 Å². The molecule has 0 aliphatic carbocycles. The Hall–Kier alpha value is -2.91. The van der Waals surface area contributed by atoms with E-state index in [0.717, 1.165) is 38.4 Å². The Kier molecular flexibility index (Phi) is 5.01. The molecule has 0 aliphatic heterocycles. The molecule has 0 radical (unpaired) electrons. The number of anilines is 1. The predicted molar refractivity (Wildman–Crippen MR) is 120 cm³/mol. The van der Waals surface area contributed by atoms with Crippen molar-refractivity contribution in [1.29, 1.82) is 0 Å². The summed E-state index contributed by atoms with van der Waals surface area (Å²) in [6, 6.07) is 22.9. The van der Waals surface area contributed by atoms with Crippen LogP contribution in [-0.4, -0.2) is 5.91 Å². The standard InChI is InChI=1S/C25H23NOS/c1-16-8-10-19(11-9-16)15-22-21-6-4-5-7-23(21)28-24(22)25(27)26-20-13-17(2)12-18(3)14-20/h4-14H,15H2,1-3H3,(H,26,27). The molecular formula is C25H23NOS. The van der Waals surface area contributed by atoms with Crippen molar-refractivity contribution in [2.24, 2.45) is 0 Å². The molecule has 0 saturated heterocycles. The van der Waals surface area contributed by atoms with Crippen LogP contribution >= 0.6 is 11.3 Å². The number of amides is 1. The first-order chi connectivity index (χ1) is 13.5. The minimum Gasteiger partial charge on any atom is -0.321 e. The molecular weight excluding hydrogens is 362 g/mol. The van der Waals surface area contributed by atoms with Crippen molar-refractivity contribution < 1.29 is 4.79 Å². The number of hydrogen-bond acceptors (Lipinski definition) is 2. The van der Waals surface area contributed by atoms with Gasteiger partial charge in [0.15, 0.2) is 0 Å². The van der Waals surface area contributed by atoms with E-state index in [-0.39, 0.29) is 5.91 Å². The molecule has 0 fully saturated rings. The number of carbonyl (C=O) groups excluding carboxylic acids is 1. The minimum absolute atomic E-state index is 0.0340. The Balaban J connectivity index is 1.73. The zero-order valence-corrected chi connectivity index (χ0v) is 17.2. The lowest BCUT2D eigenvalue weighted by atomic mass is 10.0. The molecule has 0 unspecified atom stereocenters. The normalized spacial score (nSPS) is 11.0. The van der Waals surface area contributed by atoms with Crippen LogP contribution in [0, 0.1) is 20.8 Å². The van der Waals surface area contributed by atoms with Gasteiger partial charge in [-0.05, 0) is 73.0 Å². The summed E-state index contributed by atoms with van der Waals surface area (Å²) in [5.74, 6) is -0.0340. The van der Waals surface area contributed by atoms with Gasteiger partial charge in [-0.15, -0.1) is 11.3 Å². The molecule has 0 atom stereocenters. The van der Waals surface area contributed by atoms with Crippen LogP contribution in [0.2, 0.25) is 0 Å². The van der Waals surface area contributed by atoms with Crippen LogP contribution in [0.25, 0.3) is 10.1 Å². The van der Waals surface area contributed by atoms with E-state index < -0.39 is 0 Å². The van der Waals surface area contributed by atoms with Crippen molar-refractivity contribution in [2.75, 3.05) is 5.32 Å². The molecule has 1 amide bonds. The largest absolute Gasteiger partial charge is 0.321 e. The SMILES string of the molecule is Cc1ccc(Cc2c(C(=O)Nc3cc(C)cc(C)c3)sc3ccccc23)cc1. The van der Waals surface area contributed by atoms with Crippen molar-refractivity contribution in [3.05, 3.63) is 99.4 Å². The molecule has 0 saturated carbocycles. The molecule has 0 spiro atoms. The number of carbonyl (C=O) groups is 1. The second-order valence-electron chi connectivity index (χ2n) is 7.40. The van der Waals surface area contributed by atoms with Crippen LogP contribution < -0.4 is 5.32 Å². The number of rotatable bonds is 4. The van der Waals surface area contributed by atoms with E-state index in [1.165, 1.54) is 16.5 Å². The third-order valence-electron chi connectivity index (χ3n) is 4.89. The van der Waals surface area contributed by atoms with Gasteiger partial charge in [0, 0.05) is 10.4 Å². The number of nitrogens with one attached hydrogen (secondary N) is 1. The second kappa shape index (κ2) is 7.61. The fraction of sp³-hybridized carbons (Fsp3) is 0.160. The Labute approximate surface area is 169 Å². The van der Waals surface area contributed by atoms with Gasteiger partial charge in [0.25, 0.3) is 5.91 Å². The highest BCUT2D eigenvalue weighted by Crippen LogP contribution is 2.33. The lowest BCUT2D eigenvalue weighted by molar-refractivity contribution is 0.103. The molecule has 3 heteroatoms. The van der Waals surface area contributed by atoms with Crippen molar-refractivity contribution in [3.63, 3.8) is 0 Å². The van der Waals surface area contributed by atoms with E-state index in [1.807, 2.05) is 38.1 Å². The van der Waals surface area contributed by atoms with Crippen LogP contribution in [0.5, 0.6) is 0 Å². The van der Waals surface area contributed by atoms with E-state index in [0.29, 0.717) is 0 Å². The zero-order valence-electron chi connectivity index (χ0n) is 16.4. The minimum atomic E-state index is -0.0340. The smallest absolute Gasteiger partial charge is 0.266 e. The maximum absolute atomic E-state index is 13.2. The summed E-state index contributed by atoms with van der Waals surface area (Å²) in [4.78, 5) is 14.0. The van der Waals surface area contributed by atoms with Crippen LogP contribution in [0.15, 0.2) is 66.7 Å². The van der Waals surface area contributed by atoms with Gasteiger partial charge in [0.1, 0.15) is 0 Å². The molecule has 2 nitrogen and oxygen atoms in total. The summed E-state index contributed by atoms with van der Waals surface area (Å²) in [6.07, 6.45) is 0.750. The number of hydrogen-bond donors (Lipinski definition) is 1. The molecule has 4 aromatic rings. The molecule has 140 valence electrons. The van der Waals surface area contributed by atoms with Crippen LogP contribution in [0.4, 0.5) is 5.69 Å². The third kappa shape index (κ3) is 3.85. The van der Waals surface area contributed by atoms with E-state index in [4.69, 9.17) is 0 Å². The monoisotopic (exact) mass is 385 g/mol. The highest BCUT2D eigenvalue weighted by Gasteiger charge is 2.19. The molecule has 1 heterocycles. The first-order valence-corrected chi connectivity index (χ1v) is 10.3. The van der Waals surface area contributed by atoms with Crippen molar-refractivity contribution in [1.82, 2.24) is 0 Å². The molecule has 3 aromatic carbocycles. The van der Waals surface area contributed by atoms with Gasteiger partial charge in [-0.1, -0.05) is 54.1 Å². The number of benzene rings is 3. The fourth-order valence-corrected chi connectivity index (χ4v) is 4.72. The van der Waals surface area contributed by atoms with Crippen molar-refractivity contribution in [3.8, 4) is 0 Å². The van der Waals surface area contributed by atoms with Gasteiger partial charge >= 0.3 is 0 Å². The molecule has 28 heavy (non-hydrogen) atoms. The predicted octanol–water partition coefficient (Wildman–Crippen LogP) is 6.67. The maximum atomic E-state index is 13.2. The Morgan fingerprint density at radius 2 is 1.54 bits per heavy atom. The summed E-state index contributed by atoms with van der Waals surface area (Å²) in [6.45, 7) is 6.18. The van der Waals surface area contributed by atoms with Gasteiger partial charge < -0.3 is 5.32 Å². The second-order valence-corrected chi connectivity index (χ2v) is 8.45. The van der Waals surface area contributed by atoms with Crippen molar-refractivity contribution >= 4 is 33.0 Å². The van der Waals surface area contributed by atoms with Gasteiger partial charge in [-0.2, -0.15) is 0 Å². The van der Waals surface area contributed by atoms with Gasteiger partial charge in [-0.25, -0.2) is 0 Å². The quantitative estimate of drug-likeness (QED) is 0.417. The average Bonchev–Trinajstić information content (AvgIpc) is 3.01. The number of thiophene rings is 1. The number of aryl methyl sites for hydroxylation is 3. The molecule has 0 bridgehead atoms. The summed E-state index contributed by atoms with van der Waals surface area (Å²) >= 11 is 1.57. The highest BCUT2D eigenvalue weighted by molar-refractivity contribution is 7.21. The van der Waals surface area contributed by atoms with E-state index in [2.05, 4.69) is 54.7 Å². The average molecular weight is 386 g/mol. The maximum Gasteiger partial charge on any atom is 0.266 e. The fourth-order valence-electron chi connectivity index (χ4n) is 3.60. The first kappa shape index (κ1) is 18.5. The summed E-state index contributed by atoms with van der Waals surface area (Å²) < 4.78 is 1.15. The van der Waals surface area contributed by atoms with E-state index in [9.17, 15) is 4.79 Å². The van der Waals surface area contributed by atoms with Gasteiger partial charge in [0.2, 0.25) is 0 Å². The highest BCUT2D eigenvalue weighted by atomic mass is 32.1. The summed E-state index contributed by atoms with van der Waals surface area (Å²) in [7, 11) is 0. The van der Waals surface area contributed by atoms with Crippen LogP contribution in [0.3, 0.4) is 0 Å². The third-order valence-corrected chi connectivity index (χ3v) is 6.10. The van der Waals surface area contributed by atoms with Crippen LogP contribution in [-0.2, 0) is 6.42 Å². The lowest BCUT2D eigenvalue weighted by Gasteiger charge is -2.09. The topological polar surface area (TPSA) is 29.1 Å². The number of fused-ring (bicyclic) bond motifs is 1. The summed E-state index contributed by atoms with van der Waals surface area (Å²) in [5, 5.41) is 4.27. The first-order valence-electron chi connectivity index (χ1n) is 9.45. The Bertz CT molecular complexity index is 1130. The molecule has 0 aliphatic rings. The molecule has 1 N–H and O–H groups in total. The molecule has 1 aromatic heterocycles.